The van der Waals surface area contributed by atoms with E-state index in [1.165, 1.54) is 12.1 Å². The topological polar surface area (TPSA) is 208 Å². The van der Waals surface area contributed by atoms with Crippen molar-refractivity contribution in [2.75, 3.05) is 13.1 Å². The summed E-state index contributed by atoms with van der Waals surface area (Å²) >= 11 is 1.36. The van der Waals surface area contributed by atoms with Crippen molar-refractivity contribution in [2.45, 2.75) is 80.0 Å². The molecule has 216 valence electrons. The summed E-state index contributed by atoms with van der Waals surface area (Å²) in [6.07, 6.45) is 0.828. The molecule has 12 nitrogen and oxygen atoms in total. The van der Waals surface area contributed by atoms with Crippen molar-refractivity contribution in [3.63, 3.8) is 0 Å². The summed E-state index contributed by atoms with van der Waals surface area (Å²) in [4.78, 5) is 0. The number of hydrogen-bond donors (Lipinski definition) is 2. The summed E-state index contributed by atoms with van der Waals surface area (Å²) in [5, 5.41) is 19.4. The van der Waals surface area contributed by atoms with Crippen molar-refractivity contribution in [1.82, 2.24) is 10.6 Å². The van der Waals surface area contributed by atoms with E-state index in [1.54, 1.807) is 13.8 Å². The van der Waals surface area contributed by atoms with Crippen LogP contribution in [0.2, 0.25) is 0 Å². The van der Waals surface area contributed by atoms with Crippen LogP contribution in [0.25, 0.3) is 10.3 Å². The maximum Gasteiger partial charge on any atom is 2.00 e. The smallest absolute Gasteiger partial charge is 0.559 e. The van der Waals surface area contributed by atoms with E-state index in [-0.39, 0.29) is 48.4 Å². The van der Waals surface area contributed by atoms with E-state index >= 15 is 0 Å². The van der Waals surface area contributed by atoms with Gasteiger partial charge < -0.3 is 20.9 Å². The summed E-state index contributed by atoms with van der Waals surface area (Å²) in [6.45, 7) is 8.38. The third-order valence-electron chi connectivity index (χ3n) is 6.30. The van der Waals surface area contributed by atoms with E-state index in [0.717, 1.165) is 0 Å². The molecule has 4 unspecified atom stereocenters. The van der Waals surface area contributed by atoms with Gasteiger partial charge in [0.2, 0.25) is 0 Å². The van der Waals surface area contributed by atoms with Gasteiger partial charge in [0.25, 0.3) is 0 Å². The fraction of sp³-hybridized carbons (Fsp3) is 0.600. The van der Waals surface area contributed by atoms with Crippen LogP contribution < -0.4 is 10.6 Å². The monoisotopic (exact) mass is 710 g/mol. The van der Waals surface area contributed by atoms with Gasteiger partial charge in [0, 0.05) is 12.1 Å². The second-order valence-corrected chi connectivity index (χ2v) is 19.7. The van der Waals surface area contributed by atoms with E-state index in [9.17, 15) is 33.7 Å². The van der Waals surface area contributed by atoms with Crippen LogP contribution in [0, 0.1) is 0 Å². The second kappa shape index (κ2) is 12.5. The first-order valence-corrected chi connectivity index (χ1v) is 19.3. The Kier molecular flexibility index (Phi) is 11.2. The van der Waals surface area contributed by atoms with Crippen LogP contribution in [-0.2, 0) is 59.2 Å². The van der Waals surface area contributed by atoms with Crippen LogP contribution in [0.15, 0.2) is 29.0 Å². The molecule has 0 aromatic carbocycles. The Morgan fingerprint density at radius 1 is 0.769 bits per heavy atom. The second-order valence-electron chi connectivity index (χ2n) is 9.03. The summed E-state index contributed by atoms with van der Waals surface area (Å²) in [5.74, 6) is 0. The summed E-state index contributed by atoms with van der Waals surface area (Å²) in [5.41, 5.74) is 0.964. The Morgan fingerprint density at radius 2 is 1.08 bits per heavy atom. The zero-order valence-corrected chi connectivity index (χ0v) is 29.6. The van der Waals surface area contributed by atoms with Crippen LogP contribution in [0.1, 0.15) is 63.7 Å². The van der Waals surface area contributed by atoms with E-state index in [0.29, 0.717) is 59.7 Å². The maximum atomic E-state index is 12.2. The minimum absolute atomic E-state index is 0. The van der Waals surface area contributed by atoms with Gasteiger partial charge in [-0.1, -0.05) is 13.8 Å². The number of hydrogen-bond acceptors (Lipinski definition) is 12. The first kappa shape index (κ1) is 34.9. The van der Waals surface area contributed by atoms with Gasteiger partial charge in [0.15, 0.2) is 19.7 Å². The molecule has 2 aliphatic heterocycles. The van der Waals surface area contributed by atoms with E-state index in [2.05, 4.69) is 10.6 Å². The number of fused-ring (bicyclic) bond motifs is 2. The average molecular weight is 712 g/mol. The predicted molar refractivity (Wildman–Crippen MR) is 147 cm³/mol. The first-order chi connectivity index (χ1) is 17.3. The molecule has 4 N–H and O–H groups in total. The SMILES string of the molecule is CCNC1CC(C)S(=O)(=O)c2sc(S([NH-])(=O)=O)cc21.CCNC1CC(C)S(=O)(=O)c2sc(S([NH-])(=O)=O)cc21.[Zn+2]. The van der Waals surface area contributed by atoms with Crippen molar-refractivity contribution >= 4 is 62.4 Å². The molecular formula is C20H30N4O8S6Zn. The molecule has 4 atom stereocenters. The molecule has 0 bridgehead atoms. The van der Waals surface area contributed by atoms with Gasteiger partial charge in [-0.3, -0.25) is 0 Å². The molecule has 2 aromatic heterocycles. The average Bonchev–Trinajstić information content (AvgIpc) is 3.43. The molecule has 0 radical (unpaired) electrons. The van der Waals surface area contributed by atoms with Gasteiger partial charge >= 0.3 is 19.5 Å². The van der Waals surface area contributed by atoms with Crippen LogP contribution in [0.5, 0.6) is 0 Å². The molecule has 0 spiro atoms. The standard InChI is InChI=1S/2C10H15N2O4S3.Zn/c2*1-3-12-8-4-6(2)18(13,14)10-7(8)5-9(17-10)19(11,15)16;/h2*5-6,8,12H,3-4H2,1-2H3,(H-,11,15,16);/q2*-1;+2. The van der Waals surface area contributed by atoms with Crippen molar-refractivity contribution in [3.05, 3.63) is 33.5 Å². The van der Waals surface area contributed by atoms with Crippen LogP contribution in [-0.4, -0.2) is 57.3 Å². The number of thiophene rings is 2. The third-order valence-corrected chi connectivity index (χ3v) is 16.8. The first-order valence-electron chi connectivity index (χ1n) is 11.6. The van der Waals surface area contributed by atoms with Crippen molar-refractivity contribution < 1.29 is 53.1 Å². The predicted octanol–water partition coefficient (Wildman–Crippen LogP) is 3.41. The summed E-state index contributed by atoms with van der Waals surface area (Å²) in [6, 6.07) is 2.29. The van der Waals surface area contributed by atoms with E-state index < -0.39 is 50.2 Å². The zero-order valence-electron chi connectivity index (χ0n) is 21.7. The fourth-order valence-electron chi connectivity index (χ4n) is 4.34. The molecule has 0 saturated carbocycles. The Labute approximate surface area is 251 Å². The molecule has 2 aliphatic rings. The number of rotatable bonds is 6. The van der Waals surface area contributed by atoms with E-state index in [4.69, 9.17) is 10.3 Å². The molecule has 19 heteroatoms. The van der Waals surface area contributed by atoms with Crippen molar-refractivity contribution in [3.8, 4) is 0 Å². The van der Waals surface area contributed by atoms with Crippen molar-refractivity contribution in [1.29, 1.82) is 0 Å². The van der Waals surface area contributed by atoms with Crippen LogP contribution in [0.4, 0.5) is 0 Å². The molecule has 0 saturated heterocycles. The van der Waals surface area contributed by atoms with Gasteiger partial charge in [0.1, 0.15) is 36.9 Å². The Hall–Kier alpha value is -0.337. The number of sulfonamides is 2. The molecule has 0 aliphatic carbocycles. The maximum absolute atomic E-state index is 12.2. The Bertz CT molecular complexity index is 1510. The summed E-state index contributed by atoms with van der Waals surface area (Å²) in [7, 11) is -15.2. The number of sulfone groups is 2. The van der Waals surface area contributed by atoms with Gasteiger partial charge in [-0.2, -0.15) is 0 Å². The summed E-state index contributed by atoms with van der Waals surface area (Å²) < 4.78 is 93.7. The fourth-order valence-corrected chi connectivity index (χ4v) is 13.1. The molecule has 0 amide bonds. The van der Waals surface area contributed by atoms with E-state index in [1.807, 2.05) is 13.8 Å². The van der Waals surface area contributed by atoms with Crippen LogP contribution in [0.3, 0.4) is 0 Å². The largest absolute Gasteiger partial charge is 2.00 e. The third kappa shape index (κ3) is 7.18. The minimum Gasteiger partial charge on any atom is -0.559 e. The van der Waals surface area contributed by atoms with Gasteiger partial charge in [0.05, 0.1) is 10.5 Å². The quantitative estimate of drug-likeness (QED) is 0.417. The number of nitrogens with one attached hydrogen (secondary N) is 4. The molecular weight excluding hydrogens is 682 g/mol. The minimum atomic E-state index is -4.13. The molecule has 39 heavy (non-hydrogen) atoms. The zero-order chi connectivity index (χ0) is 28.8. The molecule has 0 fully saturated rings. The molecule has 4 rings (SSSR count). The van der Waals surface area contributed by atoms with Crippen molar-refractivity contribution in [2.24, 2.45) is 0 Å². The Balaban J connectivity index is 0.000000267. The Morgan fingerprint density at radius 3 is 1.33 bits per heavy atom. The van der Waals surface area contributed by atoms with Crippen LogP contribution >= 0.6 is 22.7 Å². The van der Waals surface area contributed by atoms with Gasteiger partial charge in [-0.15, -0.1) is 22.7 Å². The van der Waals surface area contributed by atoms with Gasteiger partial charge in [-0.25, -0.2) is 33.7 Å². The normalized spacial score (nSPS) is 25.4. The van der Waals surface area contributed by atoms with Gasteiger partial charge in [-0.05, 0) is 63.0 Å². The molecule has 4 heterocycles. The molecule has 2 aromatic rings.